The van der Waals surface area contributed by atoms with Gasteiger partial charge in [-0.05, 0) is 37.1 Å². The van der Waals surface area contributed by atoms with Crippen molar-refractivity contribution in [2.75, 3.05) is 11.9 Å². The van der Waals surface area contributed by atoms with E-state index < -0.39 is 0 Å². The summed E-state index contributed by atoms with van der Waals surface area (Å²) in [6, 6.07) is 6.56. The van der Waals surface area contributed by atoms with Gasteiger partial charge < -0.3 is 10.6 Å². The predicted molar refractivity (Wildman–Crippen MR) is 92.7 cm³/mol. The summed E-state index contributed by atoms with van der Waals surface area (Å²) in [6.45, 7) is 11.3. The Morgan fingerprint density at radius 1 is 1.14 bits per heavy atom. The monoisotopic (exact) mass is 303 g/mol. The van der Waals surface area contributed by atoms with Crippen LogP contribution in [0.25, 0.3) is 0 Å². The molecule has 1 aromatic carbocycles. The fourth-order valence-corrected chi connectivity index (χ4v) is 3.59. The average molecular weight is 303 g/mol. The fourth-order valence-electron chi connectivity index (χ4n) is 2.46. The Hall–Kier alpha value is -1.39. The van der Waals surface area contributed by atoms with Gasteiger partial charge in [-0.1, -0.05) is 38.2 Å². The maximum atomic E-state index is 5.90. The summed E-state index contributed by atoms with van der Waals surface area (Å²) in [5.41, 5.74) is 10.7. The van der Waals surface area contributed by atoms with Crippen molar-refractivity contribution in [3.05, 3.63) is 39.9 Å². The fraction of sp³-hybridized carbons (Fsp3) is 0.471. The molecule has 1 heterocycles. The van der Waals surface area contributed by atoms with Crippen LogP contribution in [0.2, 0.25) is 0 Å². The van der Waals surface area contributed by atoms with Gasteiger partial charge in [-0.3, -0.25) is 0 Å². The van der Waals surface area contributed by atoms with Gasteiger partial charge in [0.25, 0.3) is 0 Å². The van der Waals surface area contributed by atoms with Crippen LogP contribution < -0.4 is 10.6 Å². The predicted octanol–water partition coefficient (Wildman–Crippen LogP) is 4.28. The summed E-state index contributed by atoms with van der Waals surface area (Å²) in [5, 5.41) is 1.00. The lowest BCUT2D eigenvalue weighted by Crippen LogP contribution is -2.16. The Morgan fingerprint density at radius 3 is 2.14 bits per heavy atom. The summed E-state index contributed by atoms with van der Waals surface area (Å²) in [4.78, 5) is 8.18. The Labute approximate surface area is 131 Å². The topological polar surface area (TPSA) is 42.2 Å². The van der Waals surface area contributed by atoms with Gasteiger partial charge in [0.15, 0.2) is 5.13 Å². The van der Waals surface area contributed by atoms with Crippen LogP contribution in [0.4, 0.5) is 10.8 Å². The van der Waals surface area contributed by atoms with Crippen LogP contribution in [0.5, 0.6) is 0 Å². The zero-order valence-corrected chi connectivity index (χ0v) is 14.6. The van der Waals surface area contributed by atoms with Gasteiger partial charge in [0.1, 0.15) is 0 Å². The highest BCUT2D eigenvalue weighted by molar-refractivity contribution is 7.15. The minimum Gasteiger partial charge on any atom is -0.326 e. The first-order chi connectivity index (χ1) is 9.72. The van der Waals surface area contributed by atoms with E-state index in [9.17, 15) is 0 Å². The highest BCUT2D eigenvalue weighted by atomic mass is 32.1. The lowest BCUT2D eigenvalue weighted by atomic mass is 9.91. The molecule has 0 unspecified atom stereocenters. The molecule has 3 nitrogen and oxygen atoms in total. The van der Waals surface area contributed by atoms with Crippen LogP contribution in [0, 0.1) is 13.8 Å². The van der Waals surface area contributed by atoms with Gasteiger partial charge in [-0.2, -0.15) is 0 Å². The molecule has 0 radical (unpaired) electrons. The van der Waals surface area contributed by atoms with E-state index in [0.717, 1.165) is 10.8 Å². The van der Waals surface area contributed by atoms with Crippen molar-refractivity contribution in [1.29, 1.82) is 0 Å². The van der Waals surface area contributed by atoms with E-state index in [0.29, 0.717) is 6.54 Å². The second kappa shape index (κ2) is 5.78. The molecule has 1 aromatic heterocycles. The molecule has 0 aliphatic rings. The van der Waals surface area contributed by atoms with Crippen molar-refractivity contribution < 1.29 is 0 Å². The Bertz CT molecular complexity index is 618. The number of benzene rings is 1. The highest BCUT2D eigenvalue weighted by Crippen LogP contribution is 2.36. The van der Waals surface area contributed by atoms with E-state index in [4.69, 9.17) is 10.7 Å². The lowest BCUT2D eigenvalue weighted by Gasteiger charge is -2.19. The molecule has 0 atom stereocenters. The number of hydrogen-bond donors (Lipinski definition) is 1. The summed E-state index contributed by atoms with van der Waals surface area (Å²) < 4.78 is 0. The van der Waals surface area contributed by atoms with Crippen LogP contribution in [0.3, 0.4) is 0 Å². The summed E-state index contributed by atoms with van der Waals surface area (Å²) in [5.74, 6) is 0. The van der Waals surface area contributed by atoms with Crippen molar-refractivity contribution in [3.8, 4) is 0 Å². The van der Waals surface area contributed by atoms with Gasteiger partial charge in [-0.25, -0.2) is 4.98 Å². The zero-order chi connectivity index (χ0) is 15.8. The summed E-state index contributed by atoms with van der Waals surface area (Å²) in [7, 11) is 2.07. The molecule has 0 aliphatic carbocycles. The molecule has 0 fully saturated rings. The Morgan fingerprint density at radius 2 is 1.71 bits per heavy atom. The number of rotatable bonds is 3. The summed E-state index contributed by atoms with van der Waals surface area (Å²) >= 11 is 1.69. The molecule has 0 saturated heterocycles. The molecular weight excluding hydrogens is 278 g/mol. The Kier molecular flexibility index (Phi) is 4.40. The minimum atomic E-state index is 0.0206. The molecule has 21 heavy (non-hydrogen) atoms. The van der Waals surface area contributed by atoms with E-state index in [1.807, 2.05) is 0 Å². The molecule has 114 valence electrons. The first-order valence-electron chi connectivity index (χ1n) is 7.24. The normalized spacial score (nSPS) is 11.8. The molecule has 2 N–H and O–H groups in total. The average Bonchev–Trinajstić information content (AvgIpc) is 2.80. The van der Waals surface area contributed by atoms with Gasteiger partial charge in [0.05, 0.1) is 5.69 Å². The molecule has 0 saturated carbocycles. The zero-order valence-electron chi connectivity index (χ0n) is 13.8. The van der Waals surface area contributed by atoms with Crippen molar-refractivity contribution in [3.63, 3.8) is 0 Å². The first-order valence-corrected chi connectivity index (χ1v) is 8.06. The van der Waals surface area contributed by atoms with E-state index in [1.54, 1.807) is 11.3 Å². The van der Waals surface area contributed by atoms with E-state index in [-0.39, 0.29) is 5.41 Å². The maximum Gasteiger partial charge on any atom is 0.190 e. The second-order valence-corrected chi connectivity index (χ2v) is 7.69. The summed E-state index contributed by atoms with van der Waals surface area (Å²) in [6.07, 6.45) is 0. The van der Waals surface area contributed by atoms with Gasteiger partial charge in [-0.15, -0.1) is 0 Å². The van der Waals surface area contributed by atoms with Crippen molar-refractivity contribution in [2.24, 2.45) is 5.73 Å². The maximum absolute atomic E-state index is 5.90. The second-order valence-electron chi connectivity index (χ2n) is 6.63. The quantitative estimate of drug-likeness (QED) is 0.920. The van der Waals surface area contributed by atoms with Gasteiger partial charge in [0.2, 0.25) is 0 Å². The first kappa shape index (κ1) is 16.0. The largest absolute Gasteiger partial charge is 0.326 e. The van der Waals surface area contributed by atoms with E-state index in [2.05, 4.69) is 64.8 Å². The van der Waals surface area contributed by atoms with Crippen molar-refractivity contribution >= 4 is 22.2 Å². The number of hydrogen-bond acceptors (Lipinski definition) is 4. The molecule has 0 aliphatic heterocycles. The molecule has 0 bridgehead atoms. The van der Waals surface area contributed by atoms with Crippen molar-refractivity contribution in [1.82, 2.24) is 4.98 Å². The third-order valence-electron chi connectivity index (χ3n) is 3.46. The van der Waals surface area contributed by atoms with Crippen LogP contribution >= 0.6 is 11.3 Å². The third kappa shape index (κ3) is 3.44. The molecule has 2 aromatic rings. The minimum absolute atomic E-state index is 0.0206. The van der Waals surface area contributed by atoms with Crippen LogP contribution in [-0.2, 0) is 12.0 Å². The van der Waals surface area contributed by atoms with E-state index >= 15 is 0 Å². The molecule has 4 heteroatoms. The molecule has 0 spiro atoms. The van der Waals surface area contributed by atoms with Gasteiger partial charge >= 0.3 is 0 Å². The number of aromatic nitrogens is 1. The highest BCUT2D eigenvalue weighted by Gasteiger charge is 2.24. The lowest BCUT2D eigenvalue weighted by molar-refractivity contribution is 0.566. The number of thiazole rings is 1. The number of aryl methyl sites for hydroxylation is 2. The SMILES string of the molecule is Cc1cc(C)cc(N(C)c2nc(C(C)(C)C)c(CN)s2)c1. The van der Waals surface area contributed by atoms with Gasteiger partial charge in [0, 0.05) is 29.6 Å². The third-order valence-corrected chi connectivity index (χ3v) is 4.62. The number of nitrogens with two attached hydrogens (primary N) is 1. The molecule has 0 amide bonds. The van der Waals surface area contributed by atoms with Crippen LogP contribution in [0.15, 0.2) is 18.2 Å². The Balaban J connectivity index is 2.44. The van der Waals surface area contributed by atoms with E-state index in [1.165, 1.54) is 21.7 Å². The van der Waals surface area contributed by atoms with Crippen molar-refractivity contribution in [2.45, 2.75) is 46.6 Å². The number of nitrogens with zero attached hydrogens (tertiary/aromatic N) is 2. The standard InChI is InChI=1S/C17H25N3S/c1-11-7-12(2)9-13(8-11)20(6)16-19-15(17(3,4)5)14(10-18)21-16/h7-9H,10,18H2,1-6H3. The van der Waals surface area contributed by atoms with Crippen LogP contribution in [-0.4, -0.2) is 12.0 Å². The van der Waals surface area contributed by atoms with Crippen LogP contribution in [0.1, 0.15) is 42.5 Å². The molecular formula is C17H25N3S. The number of anilines is 2. The smallest absolute Gasteiger partial charge is 0.190 e. The molecule has 2 rings (SSSR count).